The lowest BCUT2D eigenvalue weighted by Gasteiger charge is -2.09. The second kappa shape index (κ2) is 9.41. The first-order valence-electron chi connectivity index (χ1n) is 10.6. The third-order valence-electron chi connectivity index (χ3n) is 5.45. The summed E-state index contributed by atoms with van der Waals surface area (Å²) in [7, 11) is 0. The third kappa shape index (κ3) is 5.10. The molecule has 4 rings (SSSR count). The van der Waals surface area contributed by atoms with Crippen LogP contribution in [0.15, 0.2) is 60.7 Å². The summed E-state index contributed by atoms with van der Waals surface area (Å²) in [5, 5.41) is 12.5. The molecule has 0 spiro atoms. The van der Waals surface area contributed by atoms with Crippen molar-refractivity contribution in [1.82, 2.24) is 9.97 Å². The van der Waals surface area contributed by atoms with Gasteiger partial charge in [0.05, 0.1) is 16.6 Å². The van der Waals surface area contributed by atoms with Gasteiger partial charge in [0, 0.05) is 5.69 Å². The largest absolute Gasteiger partial charge is 0.484 e. The van der Waals surface area contributed by atoms with Gasteiger partial charge in [0.25, 0.3) is 5.91 Å². The second-order valence-corrected chi connectivity index (χ2v) is 7.93. The molecule has 0 aliphatic heterocycles. The number of hydrogen-bond donors (Lipinski definition) is 2. The molecule has 1 heterocycles. The van der Waals surface area contributed by atoms with Crippen LogP contribution in [0.5, 0.6) is 5.75 Å². The number of nitriles is 1. The van der Waals surface area contributed by atoms with Crippen LogP contribution in [0.25, 0.3) is 22.7 Å². The zero-order chi connectivity index (χ0) is 23.4. The molecule has 0 unspecified atom stereocenters. The highest BCUT2D eigenvalue weighted by Gasteiger charge is 2.10. The molecule has 1 aromatic heterocycles. The molecule has 0 radical (unpaired) electrons. The van der Waals surface area contributed by atoms with Gasteiger partial charge in [-0.25, -0.2) is 4.98 Å². The Bertz CT molecular complexity index is 1350. The van der Waals surface area contributed by atoms with Gasteiger partial charge in [-0.15, -0.1) is 0 Å². The third-order valence-corrected chi connectivity index (χ3v) is 5.45. The van der Waals surface area contributed by atoms with Crippen LogP contribution in [-0.2, 0) is 4.79 Å². The summed E-state index contributed by atoms with van der Waals surface area (Å²) in [6, 6.07) is 21.1. The van der Waals surface area contributed by atoms with Crippen molar-refractivity contribution in [2.24, 2.45) is 0 Å². The molecule has 2 N–H and O–H groups in total. The Labute approximate surface area is 192 Å². The molecule has 4 aromatic rings. The Morgan fingerprint density at radius 2 is 1.79 bits per heavy atom. The number of aromatic nitrogens is 2. The molecule has 0 aliphatic carbocycles. The first kappa shape index (κ1) is 21.8. The minimum atomic E-state index is -0.226. The minimum Gasteiger partial charge on any atom is -0.484 e. The van der Waals surface area contributed by atoms with Gasteiger partial charge in [0.2, 0.25) is 0 Å². The molecular formula is C27H24N4O2. The van der Waals surface area contributed by atoms with Crippen LogP contribution in [-0.4, -0.2) is 22.5 Å². The highest BCUT2D eigenvalue weighted by Crippen LogP contribution is 2.23. The maximum absolute atomic E-state index is 12.2. The summed E-state index contributed by atoms with van der Waals surface area (Å²) in [6.45, 7) is 5.93. The van der Waals surface area contributed by atoms with E-state index in [0.29, 0.717) is 17.1 Å². The van der Waals surface area contributed by atoms with Crippen LogP contribution in [0.3, 0.4) is 0 Å². The van der Waals surface area contributed by atoms with E-state index in [-0.39, 0.29) is 12.5 Å². The van der Waals surface area contributed by atoms with E-state index in [4.69, 9.17) is 4.74 Å². The number of allylic oxidation sites excluding steroid dienone is 1. The highest BCUT2D eigenvalue weighted by molar-refractivity contribution is 5.93. The number of carbonyl (C=O) groups excluding carboxylic acids is 1. The molecule has 6 heteroatoms. The van der Waals surface area contributed by atoms with E-state index in [0.717, 1.165) is 33.4 Å². The van der Waals surface area contributed by atoms with Crippen molar-refractivity contribution in [2.75, 3.05) is 11.9 Å². The molecule has 0 fully saturated rings. The Morgan fingerprint density at radius 3 is 2.52 bits per heavy atom. The fourth-order valence-corrected chi connectivity index (χ4v) is 3.43. The van der Waals surface area contributed by atoms with Crippen LogP contribution >= 0.6 is 0 Å². The van der Waals surface area contributed by atoms with Gasteiger partial charge in [-0.2, -0.15) is 5.26 Å². The van der Waals surface area contributed by atoms with Crippen molar-refractivity contribution in [3.05, 3.63) is 88.7 Å². The summed E-state index contributed by atoms with van der Waals surface area (Å²) in [5.41, 5.74) is 7.10. The summed E-state index contributed by atoms with van der Waals surface area (Å²) < 4.78 is 5.60. The van der Waals surface area contributed by atoms with E-state index in [1.54, 1.807) is 18.2 Å². The van der Waals surface area contributed by atoms with Crippen molar-refractivity contribution in [3.8, 4) is 11.8 Å². The number of para-hydroxylation sites is 1. The van der Waals surface area contributed by atoms with E-state index in [1.165, 1.54) is 5.56 Å². The van der Waals surface area contributed by atoms with Crippen LogP contribution in [0.4, 0.5) is 5.69 Å². The number of anilines is 1. The van der Waals surface area contributed by atoms with Crippen molar-refractivity contribution in [1.29, 1.82) is 5.26 Å². The van der Waals surface area contributed by atoms with Crippen LogP contribution in [0, 0.1) is 32.1 Å². The van der Waals surface area contributed by atoms with Gasteiger partial charge >= 0.3 is 0 Å². The van der Waals surface area contributed by atoms with Gasteiger partial charge in [0.1, 0.15) is 17.6 Å². The predicted octanol–water partition coefficient (Wildman–Crippen LogP) is 5.57. The minimum absolute atomic E-state index is 0.0925. The number of nitrogens with zero attached hydrogens (tertiary/aromatic N) is 2. The lowest BCUT2D eigenvalue weighted by molar-refractivity contribution is -0.118. The number of aryl methyl sites for hydroxylation is 3. The summed E-state index contributed by atoms with van der Waals surface area (Å²) in [6.07, 6.45) is 1.77. The van der Waals surface area contributed by atoms with Crippen LogP contribution < -0.4 is 10.1 Å². The topological polar surface area (TPSA) is 90.8 Å². The monoisotopic (exact) mass is 436 g/mol. The van der Waals surface area contributed by atoms with E-state index >= 15 is 0 Å². The van der Waals surface area contributed by atoms with E-state index in [1.807, 2.05) is 69.3 Å². The molecule has 0 saturated heterocycles. The zero-order valence-corrected chi connectivity index (χ0v) is 18.8. The number of nitrogens with one attached hydrogen (secondary N) is 2. The Kier molecular flexibility index (Phi) is 6.23. The fourth-order valence-electron chi connectivity index (χ4n) is 3.43. The van der Waals surface area contributed by atoms with Gasteiger partial charge in [-0.3, -0.25) is 4.79 Å². The highest BCUT2D eigenvalue weighted by atomic mass is 16.5. The summed E-state index contributed by atoms with van der Waals surface area (Å²) >= 11 is 0. The number of carbonyl (C=O) groups is 1. The molecule has 0 atom stereocenters. The Morgan fingerprint density at radius 1 is 1.06 bits per heavy atom. The van der Waals surface area contributed by atoms with Crippen molar-refractivity contribution in [3.63, 3.8) is 0 Å². The molecule has 6 nitrogen and oxygen atoms in total. The first-order valence-corrected chi connectivity index (χ1v) is 10.6. The fraction of sp³-hybridized carbons (Fsp3) is 0.148. The number of imidazole rings is 1. The number of aromatic amines is 1. The standard InChI is InChI=1S/C27H24N4O2/c1-17-6-4-5-7-23(17)29-26(32)16-33-22-10-8-20(9-11-22)14-21(15-28)27-30-24-12-18(2)19(3)13-25(24)31-27/h4-14H,16H2,1-3H3,(H,29,32)(H,30,31). The molecular weight excluding hydrogens is 412 g/mol. The van der Waals surface area contributed by atoms with Crippen molar-refractivity contribution < 1.29 is 9.53 Å². The van der Waals surface area contributed by atoms with Crippen molar-refractivity contribution in [2.45, 2.75) is 20.8 Å². The lowest BCUT2D eigenvalue weighted by Crippen LogP contribution is -2.20. The number of ether oxygens (including phenoxy) is 1. The molecule has 1 amide bonds. The lowest BCUT2D eigenvalue weighted by atomic mass is 10.1. The van der Waals surface area contributed by atoms with E-state index < -0.39 is 0 Å². The summed E-state index contributed by atoms with van der Waals surface area (Å²) in [4.78, 5) is 20.0. The molecule has 0 saturated carbocycles. The predicted molar refractivity (Wildman–Crippen MR) is 131 cm³/mol. The quantitative estimate of drug-likeness (QED) is 0.387. The number of benzene rings is 3. The van der Waals surface area contributed by atoms with E-state index in [9.17, 15) is 10.1 Å². The van der Waals surface area contributed by atoms with E-state index in [2.05, 4.69) is 21.4 Å². The maximum Gasteiger partial charge on any atom is 0.262 e. The number of H-pyrrole nitrogens is 1. The molecule has 33 heavy (non-hydrogen) atoms. The smallest absolute Gasteiger partial charge is 0.262 e. The first-order chi connectivity index (χ1) is 15.9. The number of rotatable bonds is 6. The molecule has 3 aromatic carbocycles. The average Bonchev–Trinajstić information content (AvgIpc) is 3.21. The van der Waals surface area contributed by atoms with Crippen LogP contribution in [0.1, 0.15) is 28.1 Å². The SMILES string of the molecule is Cc1cc2nc(C(C#N)=Cc3ccc(OCC(=O)Nc4ccccc4C)cc3)[nH]c2cc1C. The van der Waals surface area contributed by atoms with Gasteiger partial charge in [-0.1, -0.05) is 30.3 Å². The van der Waals surface area contributed by atoms with Gasteiger partial charge in [-0.05, 0) is 79.4 Å². The molecule has 0 bridgehead atoms. The van der Waals surface area contributed by atoms with Gasteiger partial charge < -0.3 is 15.0 Å². The van der Waals surface area contributed by atoms with Crippen LogP contribution in [0.2, 0.25) is 0 Å². The summed E-state index contributed by atoms with van der Waals surface area (Å²) in [5.74, 6) is 0.876. The Hall–Kier alpha value is -4.37. The Balaban J connectivity index is 1.43. The van der Waals surface area contributed by atoms with Crippen molar-refractivity contribution >= 4 is 34.3 Å². The average molecular weight is 437 g/mol. The second-order valence-electron chi connectivity index (χ2n) is 7.93. The number of fused-ring (bicyclic) bond motifs is 1. The molecule has 0 aliphatic rings. The molecule has 164 valence electrons. The number of hydrogen-bond acceptors (Lipinski definition) is 4. The van der Waals surface area contributed by atoms with Gasteiger partial charge in [0.15, 0.2) is 6.61 Å². The maximum atomic E-state index is 12.2. The normalized spacial score (nSPS) is 11.3. The number of amides is 1. The zero-order valence-electron chi connectivity index (χ0n) is 18.8.